The van der Waals surface area contributed by atoms with Crippen LogP contribution in [-0.4, -0.2) is 41.8 Å². The molecule has 2 N–H and O–H groups in total. The smallest absolute Gasteiger partial charge is 0.320 e. The largest absolute Gasteiger partial charge is 0.337 e. The molecule has 8 heteroatoms. The van der Waals surface area contributed by atoms with Gasteiger partial charge in [0.15, 0.2) is 9.84 Å². The van der Waals surface area contributed by atoms with Gasteiger partial charge in [0.2, 0.25) is 0 Å². The number of sulfone groups is 1. The predicted molar refractivity (Wildman–Crippen MR) is 99.0 cm³/mol. The van der Waals surface area contributed by atoms with Crippen molar-refractivity contribution in [2.75, 3.05) is 17.6 Å². The van der Waals surface area contributed by atoms with Gasteiger partial charge in [0.25, 0.3) is 0 Å². The maximum atomic E-state index is 12.1. The number of nitrogens with zero attached hydrogens (tertiary/aromatic N) is 2. The standard InChI is InChI=1S/C17H24N4O3S/c1-12(2)25(23,24)10-9-18-17(22)19-16-11-14(4)20-21(16)15-8-6-5-7-13(15)3/h5-8,11-12H,9-10H2,1-4H3,(H2,18,19,22). The molecule has 0 fully saturated rings. The number of benzene rings is 1. The third-order valence-corrected chi connectivity index (χ3v) is 6.02. The average molecular weight is 364 g/mol. The summed E-state index contributed by atoms with van der Waals surface area (Å²) in [7, 11) is -3.18. The van der Waals surface area contributed by atoms with Gasteiger partial charge in [-0.2, -0.15) is 5.10 Å². The van der Waals surface area contributed by atoms with Crippen LogP contribution in [0.1, 0.15) is 25.1 Å². The summed E-state index contributed by atoms with van der Waals surface area (Å²) in [6.45, 7) is 7.11. The fraction of sp³-hybridized carbons (Fsp3) is 0.412. The molecular formula is C17H24N4O3S. The molecule has 2 rings (SSSR count). The summed E-state index contributed by atoms with van der Waals surface area (Å²) in [5.41, 5.74) is 2.66. The first kappa shape index (κ1) is 19.0. The fourth-order valence-corrected chi connectivity index (χ4v) is 3.13. The van der Waals surface area contributed by atoms with Crippen LogP contribution in [0.3, 0.4) is 0 Å². The maximum Gasteiger partial charge on any atom is 0.320 e. The van der Waals surface area contributed by atoms with Gasteiger partial charge >= 0.3 is 6.03 Å². The Labute approximate surface area is 148 Å². The van der Waals surface area contributed by atoms with E-state index >= 15 is 0 Å². The van der Waals surface area contributed by atoms with Gasteiger partial charge in [-0.15, -0.1) is 0 Å². The molecule has 2 aromatic rings. The zero-order chi connectivity index (χ0) is 18.6. The summed E-state index contributed by atoms with van der Waals surface area (Å²) in [6, 6.07) is 9.02. The van der Waals surface area contributed by atoms with Gasteiger partial charge in [-0.05, 0) is 39.3 Å². The normalized spacial score (nSPS) is 11.6. The van der Waals surface area contributed by atoms with Crippen LogP contribution in [0.15, 0.2) is 30.3 Å². The van der Waals surface area contributed by atoms with Crippen LogP contribution in [-0.2, 0) is 9.84 Å². The molecule has 7 nitrogen and oxygen atoms in total. The molecule has 2 amide bonds. The summed E-state index contributed by atoms with van der Waals surface area (Å²) < 4.78 is 25.2. The Morgan fingerprint density at radius 2 is 1.92 bits per heavy atom. The number of para-hydroxylation sites is 1. The molecule has 136 valence electrons. The molecule has 0 saturated carbocycles. The van der Waals surface area contributed by atoms with Crippen molar-refractivity contribution in [3.63, 3.8) is 0 Å². The van der Waals surface area contributed by atoms with E-state index in [0.717, 1.165) is 16.9 Å². The molecule has 0 aliphatic rings. The number of nitrogens with one attached hydrogen (secondary N) is 2. The molecule has 1 heterocycles. The van der Waals surface area contributed by atoms with Gasteiger partial charge in [-0.3, -0.25) is 5.32 Å². The Balaban J connectivity index is 2.06. The van der Waals surface area contributed by atoms with Crippen molar-refractivity contribution in [3.8, 4) is 5.69 Å². The highest BCUT2D eigenvalue weighted by Gasteiger charge is 2.17. The summed E-state index contributed by atoms with van der Waals surface area (Å²) in [4.78, 5) is 12.1. The van der Waals surface area contributed by atoms with Crippen LogP contribution in [0.4, 0.5) is 10.6 Å². The first-order valence-electron chi connectivity index (χ1n) is 8.10. The number of aromatic nitrogens is 2. The molecule has 1 aromatic carbocycles. The molecule has 0 spiro atoms. The van der Waals surface area contributed by atoms with E-state index in [9.17, 15) is 13.2 Å². The van der Waals surface area contributed by atoms with Gasteiger partial charge < -0.3 is 5.32 Å². The van der Waals surface area contributed by atoms with Crippen LogP contribution < -0.4 is 10.6 Å². The molecule has 25 heavy (non-hydrogen) atoms. The highest BCUT2D eigenvalue weighted by molar-refractivity contribution is 7.92. The molecule has 0 radical (unpaired) electrons. The number of amides is 2. The number of hydrogen-bond acceptors (Lipinski definition) is 4. The van der Waals surface area contributed by atoms with Gasteiger partial charge in [-0.25, -0.2) is 17.9 Å². The van der Waals surface area contributed by atoms with E-state index < -0.39 is 21.1 Å². The number of rotatable bonds is 6. The van der Waals surface area contributed by atoms with Crippen molar-refractivity contribution in [3.05, 3.63) is 41.6 Å². The lowest BCUT2D eigenvalue weighted by atomic mass is 10.2. The molecule has 0 unspecified atom stereocenters. The van der Waals surface area contributed by atoms with Gasteiger partial charge in [0.05, 0.1) is 22.4 Å². The monoisotopic (exact) mass is 364 g/mol. The lowest BCUT2D eigenvalue weighted by Crippen LogP contribution is -2.34. The topological polar surface area (TPSA) is 93.1 Å². The third kappa shape index (κ3) is 4.82. The Morgan fingerprint density at radius 3 is 2.56 bits per heavy atom. The Kier molecular flexibility index (Phi) is 5.84. The summed E-state index contributed by atoms with van der Waals surface area (Å²) in [5.74, 6) is 0.435. The van der Waals surface area contributed by atoms with Crippen molar-refractivity contribution in [1.29, 1.82) is 0 Å². The minimum Gasteiger partial charge on any atom is -0.337 e. The third-order valence-electron chi connectivity index (χ3n) is 3.81. The highest BCUT2D eigenvalue weighted by atomic mass is 32.2. The number of anilines is 1. The summed E-state index contributed by atoms with van der Waals surface area (Å²) >= 11 is 0. The van der Waals surface area contributed by atoms with Gasteiger partial charge in [0, 0.05) is 12.6 Å². The maximum absolute atomic E-state index is 12.1. The molecule has 0 saturated heterocycles. The van der Waals surface area contributed by atoms with E-state index in [-0.39, 0.29) is 12.3 Å². The van der Waals surface area contributed by atoms with Crippen LogP contribution in [0.5, 0.6) is 0 Å². The zero-order valence-electron chi connectivity index (χ0n) is 14.9. The Bertz CT molecular complexity index is 857. The number of hydrogen-bond donors (Lipinski definition) is 2. The lowest BCUT2D eigenvalue weighted by molar-refractivity contribution is 0.252. The Morgan fingerprint density at radius 1 is 1.24 bits per heavy atom. The quantitative estimate of drug-likeness (QED) is 0.823. The molecule has 0 aliphatic carbocycles. The second kappa shape index (κ2) is 7.69. The molecule has 0 bridgehead atoms. The van der Waals surface area contributed by atoms with E-state index in [1.807, 2.05) is 38.1 Å². The van der Waals surface area contributed by atoms with Crippen LogP contribution in [0.2, 0.25) is 0 Å². The first-order valence-corrected chi connectivity index (χ1v) is 9.81. The fourth-order valence-electron chi connectivity index (χ4n) is 2.28. The summed E-state index contributed by atoms with van der Waals surface area (Å²) in [5, 5.41) is 9.26. The molecule has 0 aliphatic heterocycles. The number of urea groups is 1. The summed E-state index contributed by atoms with van der Waals surface area (Å²) in [6.07, 6.45) is 0. The van der Waals surface area contributed by atoms with Crippen molar-refractivity contribution < 1.29 is 13.2 Å². The zero-order valence-corrected chi connectivity index (χ0v) is 15.7. The number of carbonyl (C=O) groups is 1. The number of aryl methyl sites for hydroxylation is 2. The Hall–Kier alpha value is -2.35. The van der Waals surface area contributed by atoms with Crippen LogP contribution in [0.25, 0.3) is 5.69 Å². The minimum absolute atomic E-state index is 0.0594. The minimum atomic E-state index is -3.18. The average Bonchev–Trinajstić information content (AvgIpc) is 2.87. The van der Waals surface area contributed by atoms with Crippen molar-refractivity contribution in [1.82, 2.24) is 15.1 Å². The second-order valence-electron chi connectivity index (χ2n) is 6.17. The molecular weight excluding hydrogens is 340 g/mol. The lowest BCUT2D eigenvalue weighted by Gasteiger charge is -2.12. The van der Waals surface area contributed by atoms with Crippen molar-refractivity contribution >= 4 is 21.7 Å². The van der Waals surface area contributed by atoms with Gasteiger partial charge in [0.1, 0.15) is 5.82 Å². The van der Waals surface area contributed by atoms with E-state index in [1.54, 1.807) is 24.6 Å². The predicted octanol–water partition coefficient (Wildman–Crippen LogP) is 2.43. The number of carbonyl (C=O) groups excluding carboxylic acids is 1. The van der Waals surface area contributed by atoms with Gasteiger partial charge in [-0.1, -0.05) is 18.2 Å². The molecule has 1 aromatic heterocycles. The second-order valence-corrected chi connectivity index (χ2v) is 8.84. The van der Waals surface area contributed by atoms with Crippen molar-refractivity contribution in [2.24, 2.45) is 0 Å². The van der Waals surface area contributed by atoms with E-state index in [1.165, 1.54) is 0 Å². The molecule has 0 atom stereocenters. The highest BCUT2D eigenvalue weighted by Crippen LogP contribution is 2.19. The van der Waals surface area contributed by atoms with Crippen LogP contribution in [0, 0.1) is 13.8 Å². The van der Waals surface area contributed by atoms with Crippen LogP contribution >= 0.6 is 0 Å². The first-order chi connectivity index (χ1) is 11.7. The van der Waals surface area contributed by atoms with Crippen molar-refractivity contribution in [2.45, 2.75) is 32.9 Å². The SMILES string of the molecule is Cc1cc(NC(=O)NCCS(=O)(=O)C(C)C)n(-c2ccccc2C)n1. The van der Waals surface area contributed by atoms with E-state index in [2.05, 4.69) is 15.7 Å². The van der Waals surface area contributed by atoms with E-state index in [0.29, 0.717) is 5.82 Å². The van der Waals surface area contributed by atoms with E-state index in [4.69, 9.17) is 0 Å².